The molecule has 0 saturated heterocycles. The van der Waals surface area contributed by atoms with Gasteiger partial charge in [-0.3, -0.25) is 9.59 Å². The van der Waals surface area contributed by atoms with Crippen LogP contribution in [0.4, 0.5) is 0 Å². The molecule has 0 radical (unpaired) electrons. The number of hydrogen-bond donors (Lipinski definition) is 3. The smallest absolute Gasteiger partial charge is 0.353 e. The van der Waals surface area contributed by atoms with Crippen molar-refractivity contribution in [3.8, 4) is 22.6 Å². The molecule has 0 aliphatic rings. The maximum Gasteiger partial charge on any atom is 0.353 e. The van der Waals surface area contributed by atoms with Gasteiger partial charge in [-0.15, -0.1) is 0 Å². The topological polar surface area (TPSA) is 126 Å². The van der Waals surface area contributed by atoms with Crippen LogP contribution < -0.4 is 15.7 Å². The Bertz CT molecular complexity index is 1080. The van der Waals surface area contributed by atoms with Crippen LogP contribution in [0.3, 0.4) is 0 Å². The summed E-state index contributed by atoms with van der Waals surface area (Å²) in [4.78, 5) is 34.9. The second-order valence-electron chi connectivity index (χ2n) is 5.60. The molecule has 0 fully saturated rings. The van der Waals surface area contributed by atoms with Crippen molar-refractivity contribution in [1.82, 2.24) is 5.32 Å². The van der Waals surface area contributed by atoms with Crippen LogP contribution in [0.1, 0.15) is 10.4 Å². The van der Waals surface area contributed by atoms with Crippen LogP contribution in [0.5, 0.6) is 11.5 Å². The van der Waals surface area contributed by atoms with E-state index in [1.165, 1.54) is 6.07 Å². The second-order valence-corrected chi connectivity index (χ2v) is 5.60. The SMILES string of the molecule is COc1ccc(-c2cccc3c(O)c(C(=O)NCC(=O)O)c(=O)oc23)cc1. The minimum absolute atomic E-state index is 0.111. The van der Waals surface area contributed by atoms with E-state index < -0.39 is 35.4 Å². The highest BCUT2D eigenvalue weighted by Crippen LogP contribution is 2.34. The molecule has 27 heavy (non-hydrogen) atoms. The van der Waals surface area contributed by atoms with Crippen molar-refractivity contribution in [3.05, 3.63) is 58.4 Å². The Morgan fingerprint density at radius 1 is 1.15 bits per heavy atom. The number of amides is 1. The van der Waals surface area contributed by atoms with Crippen molar-refractivity contribution in [3.63, 3.8) is 0 Å². The highest BCUT2D eigenvalue weighted by molar-refractivity contribution is 6.04. The molecule has 3 aromatic rings. The van der Waals surface area contributed by atoms with Crippen LogP contribution in [-0.2, 0) is 4.79 Å². The number of nitrogens with one attached hydrogen (secondary N) is 1. The molecule has 8 nitrogen and oxygen atoms in total. The van der Waals surface area contributed by atoms with Crippen molar-refractivity contribution in [1.29, 1.82) is 0 Å². The Labute approximate surface area is 152 Å². The molecule has 0 unspecified atom stereocenters. The molecule has 1 heterocycles. The van der Waals surface area contributed by atoms with Gasteiger partial charge in [0.15, 0.2) is 5.56 Å². The summed E-state index contributed by atoms with van der Waals surface area (Å²) in [5.41, 5.74) is -0.341. The van der Waals surface area contributed by atoms with Gasteiger partial charge in [0.2, 0.25) is 0 Å². The fourth-order valence-corrected chi connectivity index (χ4v) is 2.65. The summed E-state index contributed by atoms with van der Waals surface area (Å²) in [6.45, 7) is -0.693. The molecule has 3 N–H and O–H groups in total. The van der Waals surface area contributed by atoms with Gasteiger partial charge in [-0.25, -0.2) is 4.79 Å². The molecular formula is C19H15NO7. The number of para-hydroxylation sites is 1. The van der Waals surface area contributed by atoms with Gasteiger partial charge in [-0.05, 0) is 23.8 Å². The predicted molar refractivity (Wildman–Crippen MR) is 96.1 cm³/mol. The van der Waals surface area contributed by atoms with Gasteiger partial charge >= 0.3 is 11.6 Å². The van der Waals surface area contributed by atoms with Crippen molar-refractivity contribution >= 4 is 22.8 Å². The third-order valence-corrected chi connectivity index (χ3v) is 3.93. The Kier molecular flexibility index (Phi) is 4.80. The zero-order valence-corrected chi connectivity index (χ0v) is 14.2. The normalized spacial score (nSPS) is 10.6. The van der Waals surface area contributed by atoms with Crippen LogP contribution in [0.25, 0.3) is 22.1 Å². The quantitative estimate of drug-likeness (QED) is 0.587. The van der Waals surface area contributed by atoms with Crippen molar-refractivity contribution in [2.45, 2.75) is 0 Å². The summed E-state index contributed by atoms with van der Waals surface area (Å²) < 4.78 is 10.4. The first kappa shape index (κ1) is 18.0. The molecule has 0 aliphatic heterocycles. The number of carboxylic acid groups (broad SMARTS) is 1. The van der Waals surface area contributed by atoms with Crippen LogP contribution in [-0.4, -0.2) is 35.7 Å². The standard InChI is InChI=1S/C19H15NO7/c1-26-11-7-5-10(6-8-11)12-3-2-4-13-16(23)15(19(25)27-17(12)13)18(24)20-9-14(21)22/h2-8,23H,9H2,1H3,(H,20,24)(H,21,22). The van der Waals surface area contributed by atoms with E-state index in [-0.39, 0.29) is 11.0 Å². The lowest BCUT2D eigenvalue weighted by Crippen LogP contribution is -2.32. The molecule has 0 spiro atoms. The van der Waals surface area contributed by atoms with E-state index in [0.29, 0.717) is 16.9 Å². The summed E-state index contributed by atoms with van der Waals surface area (Å²) in [6.07, 6.45) is 0. The first-order valence-corrected chi connectivity index (χ1v) is 7.85. The van der Waals surface area contributed by atoms with Crippen LogP contribution in [0.15, 0.2) is 51.7 Å². The van der Waals surface area contributed by atoms with E-state index in [2.05, 4.69) is 0 Å². The minimum atomic E-state index is -1.28. The number of hydrogen-bond acceptors (Lipinski definition) is 6. The van der Waals surface area contributed by atoms with Crippen molar-refractivity contribution in [2.24, 2.45) is 0 Å². The van der Waals surface area contributed by atoms with Crippen LogP contribution >= 0.6 is 0 Å². The molecule has 138 valence electrons. The Morgan fingerprint density at radius 2 is 1.85 bits per heavy atom. The van der Waals surface area contributed by atoms with E-state index in [0.717, 1.165) is 0 Å². The Balaban J connectivity index is 2.13. The molecule has 0 aliphatic carbocycles. The van der Waals surface area contributed by atoms with Gasteiger partial charge in [0.1, 0.15) is 23.6 Å². The second kappa shape index (κ2) is 7.20. The minimum Gasteiger partial charge on any atom is -0.506 e. The molecule has 1 aromatic heterocycles. The lowest BCUT2D eigenvalue weighted by Gasteiger charge is -2.10. The van der Waals surface area contributed by atoms with E-state index in [9.17, 15) is 19.5 Å². The summed E-state index contributed by atoms with van der Waals surface area (Å²) in [5.74, 6) is -2.23. The summed E-state index contributed by atoms with van der Waals surface area (Å²) in [7, 11) is 1.54. The molecule has 8 heteroatoms. The predicted octanol–water partition coefficient (Wildman–Crippen LogP) is 1.99. The Morgan fingerprint density at radius 3 is 2.48 bits per heavy atom. The number of carbonyl (C=O) groups is 2. The number of fused-ring (bicyclic) bond motifs is 1. The number of benzene rings is 2. The number of carbonyl (C=O) groups excluding carboxylic acids is 1. The molecule has 0 atom stereocenters. The Hall–Kier alpha value is -3.81. The van der Waals surface area contributed by atoms with Crippen LogP contribution in [0.2, 0.25) is 0 Å². The molecule has 2 aromatic carbocycles. The molecule has 3 rings (SSSR count). The van der Waals surface area contributed by atoms with Crippen molar-refractivity contribution in [2.75, 3.05) is 13.7 Å². The number of rotatable bonds is 5. The zero-order valence-electron chi connectivity index (χ0n) is 14.2. The molecule has 0 saturated carbocycles. The highest BCUT2D eigenvalue weighted by atomic mass is 16.5. The number of methoxy groups -OCH3 is 1. The number of carboxylic acids is 1. The first-order valence-electron chi connectivity index (χ1n) is 7.85. The van der Waals surface area contributed by atoms with Gasteiger partial charge in [-0.1, -0.05) is 24.3 Å². The third-order valence-electron chi connectivity index (χ3n) is 3.93. The van der Waals surface area contributed by atoms with E-state index in [1.807, 2.05) is 5.32 Å². The van der Waals surface area contributed by atoms with E-state index >= 15 is 0 Å². The summed E-state index contributed by atoms with van der Waals surface area (Å²) in [6, 6.07) is 11.8. The summed E-state index contributed by atoms with van der Waals surface area (Å²) >= 11 is 0. The zero-order chi connectivity index (χ0) is 19.6. The number of ether oxygens (including phenoxy) is 1. The van der Waals surface area contributed by atoms with E-state index in [4.69, 9.17) is 14.3 Å². The van der Waals surface area contributed by atoms with Crippen molar-refractivity contribution < 1.29 is 29.0 Å². The molecular weight excluding hydrogens is 354 g/mol. The van der Waals surface area contributed by atoms with Gasteiger partial charge in [0.05, 0.1) is 12.5 Å². The van der Waals surface area contributed by atoms with Gasteiger partial charge in [0, 0.05) is 5.56 Å². The lowest BCUT2D eigenvalue weighted by molar-refractivity contribution is -0.135. The maximum atomic E-state index is 12.3. The average molecular weight is 369 g/mol. The number of aromatic hydroxyl groups is 1. The first-order chi connectivity index (χ1) is 12.9. The maximum absolute atomic E-state index is 12.3. The van der Waals surface area contributed by atoms with Crippen LogP contribution in [0, 0.1) is 0 Å². The summed E-state index contributed by atoms with van der Waals surface area (Å²) in [5, 5.41) is 21.3. The fourth-order valence-electron chi connectivity index (χ4n) is 2.65. The molecule has 0 bridgehead atoms. The van der Waals surface area contributed by atoms with Gasteiger partial charge < -0.3 is 24.7 Å². The lowest BCUT2D eigenvalue weighted by atomic mass is 10.0. The molecule has 1 amide bonds. The highest BCUT2D eigenvalue weighted by Gasteiger charge is 2.22. The van der Waals surface area contributed by atoms with Gasteiger partial charge in [-0.2, -0.15) is 0 Å². The van der Waals surface area contributed by atoms with E-state index in [1.54, 1.807) is 43.5 Å². The largest absolute Gasteiger partial charge is 0.506 e. The third kappa shape index (κ3) is 3.45. The monoisotopic (exact) mass is 369 g/mol. The fraction of sp³-hybridized carbons (Fsp3) is 0.105. The average Bonchev–Trinajstić information content (AvgIpc) is 2.66. The van der Waals surface area contributed by atoms with Gasteiger partial charge in [0.25, 0.3) is 5.91 Å². The number of aliphatic carboxylic acids is 1.